The first kappa shape index (κ1) is 50.8. The molecule has 5 aromatic carbocycles. The molecule has 3 fully saturated rings. The van der Waals surface area contributed by atoms with E-state index in [1.54, 1.807) is 56.2 Å². The number of urea groups is 1. The summed E-state index contributed by atoms with van der Waals surface area (Å²) in [4.78, 5) is 82.4. The fraction of sp³-hybridized carbons (Fsp3) is 0.383. The summed E-state index contributed by atoms with van der Waals surface area (Å²) in [7, 11) is 4.31. The molecule has 1 spiro atoms. The van der Waals surface area contributed by atoms with Gasteiger partial charge in [0.15, 0.2) is 11.5 Å². The summed E-state index contributed by atoms with van der Waals surface area (Å²) in [5.41, 5.74) is 0.869. The Labute approximate surface area is 436 Å². The maximum absolute atomic E-state index is 16.9. The molecule has 0 radical (unpaired) electrons. The Bertz CT molecular complexity index is 3070. The Kier molecular flexibility index (Phi) is 13.9. The number of benzene rings is 5. The molecular weight excluding hydrogens is 953 g/mol. The number of hydrogen-bond donors (Lipinski definition) is 3. The molecule has 5 aliphatic rings. The number of aromatic hydroxyl groups is 1. The lowest BCUT2D eigenvalue weighted by Crippen LogP contribution is -2.58. The third-order valence-electron chi connectivity index (χ3n) is 15.9. The Morgan fingerprint density at radius 3 is 2.04 bits per heavy atom. The predicted molar refractivity (Wildman–Crippen MR) is 277 cm³/mol. The number of nitrogens with one attached hydrogen (secondary N) is 1. The van der Waals surface area contributed by atoms with E-state index in [-0.39, 0.29) is 30.1 Å². The summed E-state index contributed by atoms with van der Waals surface area (Å²) >= 11 is 0. The summed E-state index contributed by atoms with van der Waals surface area (Å²) in [5, 5.41) is 25.5. The number of cyclic esters (lactones) is 1. The van der Waals surface area contributed by atoms with Crippen molar-refractivity contribution in [3.8, 4) is 29.1 Å². The van der Waals surface area contributed by atoms with Crippen LogP contribution in [0.4, 0.5) is 10.5 Å². The molecule has 4 heterocycles. The third kappa shape index (κ3) is 8.93. The van der Waals surface area contributed by atoms with E-state index in [2.05, 4.69) is 17.2 Å². The standard InChI is InChI=1S/C60H62N4O11/c1-36(2)49(55(67)74-5)61-58(70)63-45-25-20-37(26-30-59(71)28-14-6-7-15-29-59)32-44(45)60(57(63)69)48(54(66)62-31-27-41-33-46(72-3)47(73-4)34-42(41)35-62)51-56(68)75-52(39-18-12-9-13-19-39)50(38-16-10-8-11-17-38)64(51)53(60)40-21-23-43(65)24-22-40/h8-13,16-25,32-34,36,48-53,65,71H,6-7,14-15,27-29,31,35H2,1-5H3,(H,61,70)/t48-,49+,50-,51-,52+,53+,60-/m1/s1. The number of imide groups is 1. The van der Waals surface area contributed by atoms with Gasteiger partial charge in [-0.05, 0) is 114 Å². The van der Waals surface area contributed by atoms with Crippen LogP contribution in [0.3, 0.4) is 0 Å². The minimum atomic E-state index is -2.14. The SMILES string of the molecule is COC(=O)[C@@H](NC(=O)N1C(=O)[C@@]2(c3cc(C#CC4(O)CCCCCC4)ccc31)[C@H](c1ccc(O)cc1)N1[C@H](c3ccccc3)[C@H](c3ccccc3)OC(=O)[C@H]1[C@@H]2C(=O)N1CCc2cc(OC)c(OC)cc2C1)C(C)C. The Morgan fingerprint density at radius 1 is 0.773 bits per heavy atom. The van der Waals surface area contributed by atoms with Crippen LogP contribution in [0.25, 0.3) is 0 Å². The molecule has 5 aromatic rings. The van der Waals surface area contributed by atoms with Gasteiger partial charge in [0.1, 0.15) is 35.0 Å². The van der Waals surface area contributed by atoms with Gasteiger partial charge in [-0.25, -0.2) is 14.5 Å². The molecule has 75 heavy (non-hydrogen) atoms. The Morgan fingerprint density at radius 2 is 1.41 bits per heavy atom. The summed E-state index contributed by atoms with van der Waals surface area (Å²) in [6, 6.07) is 28.1. The number of carbonyl (C=O) groups excluding carboxylic acids is 5. The van der Waals surface area contributed by atoms with Crippen molar-refractivity contribution in [1.29, 1.82) is 0 Å². The van der Waals surface area contributed by atoms with Crippen molar-refractivity contribution in [1.82, 2.24) is 15.1 Å². The van der Waals surface area contributed by atoms with Gasteiger partial charge in [0.25, 0.3) is 0 Å². The summed E-state index contributed by atoms with van der Waals surface area (Å²) in [6.45, 7) is 3.74. The molecule has 3 N–H and O–H groups in total. The Hall–Kier alpha value is -7.67. The second kappa shape index (κ2) is 20.6. The van der Waals surface area contributed by atoms with Gasteiger partial charge in [-0.2, -0.15) is 0 Å². The van der Waals surface area contributed by atoms with Crippen LogP contribution < -0.4 is 19.7 Å². The lowest BCUT2D eigenvalue weighted by Gasteiger charge is -2.46. The molecule has 10 rings (SSSR count). The highest BCUT2D eigenvalue weighted by Gasteiger charge is 2.76. The summed E-state index contributed by atoms with van der Waals surface area (Å²) in [6.07, 6.45) is 3.97. The average Bonchev–Trinajstić information content (AvgIpc) is 3.93. The molecule has 4 amide bonds. The number of methoxy groups -OCH3 is 3. The summed E-state index contributed by atoms with van der Waals surface area (Å²) in [5.74, 6) is 2.41. The molecule has 15 heteroatoms. The number of phenols is 1. The molecule has 15 nitrogen and oxygen atoms in total. The van der Waals surface area contributed by atoms with Crippen molar-refractivity contribution < 1.29 is 53.1 Å². The van der Waals surface area contributed by atoms with Crippen LogP contribution in [0.1, 0.15) is 110 Å². The molecule has 0 bridgehead atoms. The number of anilines is 1. The van der Waals surface area contributed by atoms with Crippen LogP contribution in [0, 0.1) is 23.7 Å². The van der Waals surface area contributed by atoms with E-state index < -0.39 is 82.9 Å². The lowest BCUT2D eigenvalue weighted by atomic mass is 9.64. The van der Waals surface area contributed by atoms with E-state index in [1.807, 2.05) is 77.7 Å². The molecule has 1 saturated carbocycles. The summed E-state index contributed by atoms with van der Waals surface area (Å²) < 4.78 is 23.2. The number of fused-ring (bicyclic) bond motifs is 4. The normalized spacial score (nSPS) is 24.2. The number of esters is 2. The largest absolute Gasteiger partial charge is 0.508 e. The van der Waals surface area contributed by atoms with Crippen molar-refractivity contribution in [2.75, 3.05) is 32.8 Å². The van der Waals surface area contributed by atoms with Crippen molar-refractivity contribution in [3.05, 3.63) is 154 Å². The molecule has 4 aliphatic heterocycles. The van der Waals surface area contributed by atoms with E-state index in [9.17, 15) is 15.0 Å². The number of hydrogen-bond acceptors (Lipinski definition) is 12. The first-order chi connectivity index (χ1) is 36.2. The van der Waals surface area contributed by atoms with Gasteiger partial charge in [0.2, 0.25) is 11.8 Å². The molecule has 0 aromatic heterocycles. The maximum atomic E-state index is 16.9. The van der Waals surface area contributed by atoms with Crippen molar-refractivity contribution >= 4 is 35.5 Å². The van der Waals surface area contributed by atoms with Crippen LogP contribution in [0.2, 0.25) is 0 Å². The first-order valence-electron chi connectivity index (χ1n) is 25.7. The lowest BCUT2D eigenvalue weighted by molar-refractivity contribution is -0.179. The highest BCUT2D eigenvalue weighted by atomic mass is 16.6. The average molecular weight is 1020 g/mol. The quantitative estimate of drug-likeness (QED) is 0.0736. The van der Waals surface area contributed by atoms with Gasteiger partial charge in [-0.3, -0.25) is 19.3 Å². The van der Waals surface area contributed by atoms with Crippen LogP contribution >= 0.6 is 0 Å². The molecule has 0 unspecified atom stereocenters. The van der Waals surface area contributed by atoms with Crippen molar-refractivity contribution in [2.24, 2.45) is 11.8 Å². The third-order valence-corrected chi connectivity index (χ3v) is 15.9. The van der Waals surface area contributed by atoms with Gasteiger partial charge < -0.3 is 39.4 Å². The predicted octanol–water partition coefficient (Wildman–Crippen LogP) is 8.00. The minimum absolute atomic E-state index is 0.0652. The second-order valence-corrected chi connectivity index (χ2v) is 20.6. The van der Waals surface area contributed by atoms with Gasteiger partial charge in [0, 0.05) is 18.7 Å². The highest BCUT2D eigenvalue weighted by Crippen LogP contribution is 2.66. The molecule has 1 aliphatic carbocycles. The van der Waals surface area contributed by atoms with E-state index in [0.717, 1.165) is 47.3 Å². The molecule has 2 saturated heterocycles. The zero-order valence-electron chi connectivity index (χ0n) is 42.8. The van der Waals surface area contributed by atoms with Crippen molar-refractivity contribution in [2.45, 2.75) is 107 Å². The van der Waals surface area contributed by atoms with Crippen LogP contribution in [-0.2, 0) is 47.0 Å². The molecule has 388 valence electrons. The Balaban J connectivity index is 1.26. The second-order valence-electron chi connectivity index (χ2n) is 20.6. The highest BCUT2D eigenvalue weighted by molar-refractivity contribution is 6.25. The van der Waals surface area contributed by atoms with E-state index in [4.69, 9.17) is 18.9 Å². The number of rotatable bonds is 9. The monoisotopic (exact) mass is 1010 g/mol. The number of amides is 4. The number of morpholine rings is 1. The van der Waals surface area contributed by atoms with Crippen LogP contribution in [0.5, 0.6) is 17.2 Å². The van der Waals surface area contributed by atoms with E-state index >= 15 is 19.2 Å². The van der Waals surface area contributed by atoms with Crippen molar-refractivity contribution in [3.63, 3.8) is 0 Å². The van der Waals surface area contributed by atoms with Crippen LogP contribution in [-0.4, -0.2) is 95.4 Å². The smallest absolute Gasteiger partial charge is 0.329 e. The van der Waals surface area contributed by atoms with E-state index in [0.29, 0.717) is 47.5 Å². The minimum Gasteiger partial charge on any atom is -0.508 e. The van der Waals surface area contributed by atoms with Gasteiger partial charge >= 0.3 is 18.0 Å². The topological polar surface area (TPSA) is 184 Å². The zero-order valence-corrected chi connectivity index (χ0v) is 42.8. The van der Waals surface area contributed by atoms with Gasteiger partial charge in [0.05, 0.1) is 45.0 Å². The fourth-order valence-corrected chi connectivity index (χ4v) is 12.3. The molecule has 7 atom stereocenters. The number of carbonyl (C=O) groups is 5. The molecular formula is C60H62N4O11. The fourth-order valence-electron chi connectivity index (χ4n) is 12.3. The van der Waals surface area contributed by atoms with Gasteiger partial charge in [-0.1, -0.05) is 111 Å². The number of phenolic OH excluding ortho intramolecular Hbond substituents is 1. The van der Waals surface area contributed by atoms with Crippen LogP contribution in [0.15, 0.2) is 115 Å². The number of aliphatic hydroxyl groups is 1. The van der Waals surface area contributed by atoms with E-state index in [1.165, 1.54) is 26.4 Å². The first-order valence-corrected chi connectivity index (χ1v) is 25.7. The zero-order chi connectivity index (χ0) is 52.8. The van der Waals surface area contributed by atoms with Gasteiger partial charge in [-0.15, -0.1) is 0 Å². The number of nitrogens with zero attached hydrogens (tertiary/aromatic N) is 3. The number of ether oxygens (including phenoxy) is 4. The maximum Gasteiger partial charge on any atom is 0.329 e.